The number of carbonyl (C=O) groups is 2. The lowest BCUT2D eigenvalue weighted by molar-refractivity contribution is -0.0891. The molecule has 1 fully saturated rings. The van der Waals surface area contributed by atoms with Gasteiger partial charge in [0.2, 0.25) is 5.78 Å². The summed E-state index contributed by atoms with van der Waals surface area (Å²) < 4.78 is 5.27. The van der Waals surface area contributed by atoms with E-state index in [2.05, 4.69) is 5.32 Å². The van der Waals surface area contributed by atoms with Crippen molar-refractivity contribution in [1.29, 1.82) is 0 Å². The first kappa shape index (κ1) is 18.5. The van der Waals surface area contributed by atoms with E-state index in [0.717, 1.165) is 4.90 Å². The Hall–Kier alpha value is -2.34. The molecule has 1 aromatic carbocycles. The van der Waals surface area contributed by atoms with Crippen molar-refractivity contribution in [3.8, 4) is 0 Å². The van der Waals surface area contributed by atoms with Crippen LogP contribution in [-0.4, -0.2) is 68.5 Å². The maximum absolute atomic E-state index is 12.6. The van der Waals surface area contributed by atoms with Crippen LogP contribution in [0.5, 0.6) is 0 Å². The van der Waals surface area contributed by atoms with E-state index >= 15 is 0 Å². The lowest BCUT2D eigenvalue weighted by Crippen LogP contribution is -2.67. The number of hydrogen-bond acceptors (Lipinski definition) is 8. The average molecular weight is 364 g/mol. The Morgan fingerprint density at radius 2 is 1.96 bits per heavy atom. The quantitative estimate of drug-likeness (QED) is 0.258. The fourth-order valence-corrected chi connectivity index (χ4v) is 2.89. The molecule has 10 nitrogen and oxygen atoms in total. The first-order chi connectivity index (χ1) is 12.2. The Kier molecular flexibility index (Phi) is 4.56. The van der Waals surface area contributed by atoms with Gasteiger partial charge in [-0.15, -0.1) is 0 Å². The SMILES string of the molecule is NC1(C(=O)c2ccccc2)C=CN([C@@H]2O[C@H](CO)[C@@](N)(O)[C@H]2O)C(=O)N1. The van der Waals surface area contributed by atoms with E-state index < -0.39 is 48.2 Å². The summed E-state index contributed by atoms with van der Waals surface area (Å²) in [7, 11) is 0. The van der Waals surface area contributed by atoms with Crippen LogP contribution in [0.4, 0.5) is 4.79 Å². The normalized spacial score (nSPS) is 36.9. The highest BCUT2D eigenvalue weighted by Crippen LogP contribution is 2.30. The zero-order chi connectivity index (χ0) is 19.1. The average Bonchev–Trinajstić information content (AvgIpc) is 2.85. The van der Waals surface area contributed by atoms with Gasteiger partial charge in [0.05, 0.1) is 6.61 Å². The van der Waals surface area contributed by atoms with E-state index in [4.69, 9.17) is 16.2 Å². The van der Waals surface area contributed by atoms with Gasteiger partial charge in [-0.25, -0.2) is 4.79 Å². The summed E-state index contributed by atoms with van der Waals surface area (Å²) in [5.74, 6) is -0.529. The van der Waals surface area contributed by atoms with Gasteiger partial charge in [0, 0.05) is 11.8 Å². The first-order valence-corrected chi connectivity index (χ1v) is 7.85. The third-order valence-corrected chi connectivity index (χ3v) is 4.46. The molecule has 2 amide bonds. The van der Waals surface area contributed by atoms with Crippen molar-refractivity contribution in [3.05, 3.63) is 48.2 Å². The van der Waals surface area contributed by atoms with Gasteiger partial charge in [-0.05, 0) is 6.08 Å². The molecular formula is C16H20N4O6. The number of nitrogens with one attached hydrogen (secondary N) is 1. The summed E-state index contributed by atoms with van der Waals surface area (Å²) in [4.78, 5) is 25.9. The fourth-order valence-electron chi connectivity index (χ4n) is 2.89. The number of Topliss-reactive ketones (excluding diaryl/α,β-unsaturated/α-hetero) is 1. The summed E-state index contributed by atoms with van der Waals surface area (Å²) >= 11 is 0. The van der Waals surface area contributed by atoms with E-state index in [-0.39, 0.29) is 0 Å². The number of aliphatic hydroxyl groups is 3. The summed E-state index contributed by atoms with van der Waals surface area (Å²) in [6.07, 6.45) is -1.94. The van der Waals surface area contributed by atoms with E-state index in [1.807, 2.05) is 0 Å². The molecule has 8 N–H and O–H groups in total. The van der Waals surface area contributed by atoms with Crippen LogP contribution in [-0.2, 0) is 4.74 Å². The number of carbonyl (C=O) groups excluding carboxylic acids is 2. The second-order valence-corrected chi connectivity index (χ2v) is 6.25. The highest BCUT2D eigenvalue weighted by Gasteiger charge is 2.56. The first-order valence-electron chi connectivity index (χ1n) is 7.85. The van der Waals surface area contributed by atoms with Crippen molar-refractivity contribution in [2.24, 2.45) is 11.5 Å². The molecule has 0 spiro atoms. The highest BCUT2D eigenvalue weighted by molar-refractivity contribution is 6.06. The maximum Gasteiger partial charge on any atom is 0.325 e. The van der Waals surface area contributed by atoms with Gasteiger partial charge in [0.15, 0.2) is 17.6 Å². The zero-order valence-corrected chi connectivity index (χ0v) is 13.6. The number of rotatable bonds is 4. The van der Waals surface area contributed by atoms with Gasteiger partial charge in [0.25, 0.3) is 0 Å². The molecule has 3 rings (SSSR count). The zero-order valence-electron chi connectivity index (χ0n) is 13.6. The third kappa shape index (κ3) is 2.88. The molecular weight excluding hydrogens is 344 g/mol. The fraction of sp³-hybridized carbons (Fsp3) is 0.375. The Balaban J connectivity index is 1.84. The Morgan fingerprint density at radius 3 is 2.50 bits per heavy atom. The van der Waals surface area contributed by atoms with Crippen LogP contribution in [0.15, 0.2) is 42.6 Å². The van der Waals surface area contributed by atoms with Crippen molar-refractivity contribution in [1.82, 2.24) is 10.2 Å². The third-order valence-electron chi connectivity index (χ3n) is 4.46. The van der Waals surface area contributed by atoms with Crippen molar-refractivity contribution in [2.75, 3.05) is 6.61 Å². The van der Waals surface area contributed by atoms with E-state index in [9.17, 15) is 24.9 Å². The number of nitrogens with zero attached hydrogens (tertiary/aromatic N) is 1. The van der Waals surface area contributed by atoms with Gasteiger partial charge >= 0.3 is 6.03 Å². The minimum absolute atomic E-state index is 0.308. The van der Waals surface area contributed by atoms with Gasteiger partial charge in [-0.2, -0.15) is 0 Å². The number of nitrogens with two attached hydrogens (primary N) is 2. The second-order valence-electron chi connectivity index (χ2n) is 6.25. The summed E-state index contributed by atoms with van der Waals surface area (Å²) in [5, 5.41) is 31.7. The molecule has 0 aromatic heterocycles. The molecule has 1 unspecified atom stereocenters. The monoisotopic (exact) mass is 364 g/mol. The largest absolute Gasteiger partial charge is 0.393 e. The molecule has 0 bridgehead atoms. The maximum atomic E-state index is 12.6. The van der Waals surface area contributed by atoms with Crippen LogP contribution < -0.4 is 16.8 Å². The molecule has 0 saturated carbocycles. The van der Waals surface area contributed by atoms with Crippen LogP contribution in [0.3, 0.4) is 0 Å². The van der Waals surface area contributed by atoms with Crippen LogP contribution in [0.25, 0.3) is 0 Å². The van der Waals surface area contributed by atoms with Crippen molar-refractivity contribution < 1.29 is 29.6 Å². The van der Waals surface area contributed by atoms with Crippen molar-refractivity contribution >= 4 is 11.8 Å². The molecule has 5 atom stereocenters. The van der Waals surface area contributed by atoms with Crippen molar-refractivity contribution in [3.63, 3.8) is 0 Å². The number of ketones is 1. The Labute approximate surface area is 148 Å². The summed E-state index contributed by atoms with van der Waals surface area (Å²) in [5.41, 5.74) is 7.85. The molecule has 2 aliphatic rings. The Bertz CT molecular complexity index is 740. The molecule has 1 aromatic rings. The molecule has 2 aliphatic heterocycles. The van der Waals surface area contributed by atoms with Gasteiger partial charge in [-0.3, -0.25) is 21.2 Å². The van der Waals surface area contributed by atoms with E-state index in [0.29, 0.717) is 5.56 Å². The molecule has 10 heteroatoms. The Morgan fingerprint density at radius 1 is 1.31 bits per heavy atom. The van der Waals surface area contributed by atoms with Crippen molar-refractivity contribution in [2.45, 2.75) is 29.8 Å². The van der Waals surface area contributed by atoms with Crippen LogP contribution in [0.2, 0.25) is 0 Å². The summed E-state index contributed by atoms with van der Waals surface area (Å²) in [6.45, 7) is -0.660. The molecule has 26 heavy (non-hydrogen) atoms. The second kappa shape index (κ2) is 6.43. The number of aliphatic hydroxyl groups excluding tert-OH is 2. The number of urea groups is 1. The minimum Gasteiger partial charge on any atom is -0.393 e. The smallest absolute Gasteiger partial charge is 0.325 e. The van der Waals surface area contributed by atoms with Gasteiger partial charge < -0.3 is 25.4 Å². The molecule has 1 saturated heterocycles. The molecule has 140 valence electrons. The minimum atomic E-state index is -2.25. The molecule has 0 aliphatic carbocycles. The number of benzene rings is 1. The molecule has 0 radical (unpaired) electrons. The van der Waals surface area contributed by atoms with E-state index in [1.165, 1.54) is 12.3 Å². The van der Waals surface area contributed by atoms with E-state index in [1.54, 1.807) is 30.3 Å². The summed E-state index contributed by atoms with van der Waals surface area (Å²) in [6, 6.07) is 7.36. The van der Waals surface area contributed by atoms with Gasteiger partial charge in [-0.1, -0.05) is 30.3 Å². The van der Waals surface area contributed by atoms with Crippen LogP contribution >= 0.6 is 0 Å². The van der Waals surface area contributed by atoms with Gasteiger partial charge in [0.1, 0.15) is 12.2 Å². The number of ether oxygens (including phenoxy) is 1. The molecule has 2 heterocycles. The predicted molar refractivity (Wildman–Crippen MR) is 88.1 cm³/mol. The number of amides is 2. The predicted octanol–water partition coefficient (Wildman–Crippen LogP) is -2.21. The lowest BCUT2D eigenvalue weighted by atomic mass is 9.97. The highest BCUT2D eigenvalue weighted by atomic mass is 16.6. The number of hydrogen-bond donors (Lipinski definition) is 6. The topological polar surface area (TPSA) is 171 Å². The van der Waals surface area contributed by atoms with Crippen LogP contribution in [0.1, 0.15) is 10.4 Å². The van der Waals surface area contributed by atoms with Crippen LogP contribution in [0, 0.1) is 0 Å². The standard InChI is InChI=1S/C16H20N4O6/c17-15(11(22)9-4-2-1-3-5-9)6-7-20(14(24)19-15)13-12(23)16(18,25)10(8-21)26-13/h1-7,10,12-13,21,23,25H,8,17-18H2,(H,19,24)/t10-,12+,13-,15?,16-/m1/s1. The lowest BCUT2D eigenvalue weighted by Gasteiger charge is -2.37.